The third-order valence-electron chi connectivity index (χ3n) is 3.57. The van der Waals surface area contributed by atoms with Crippen LogP contribution < -0.4 is 16.0 Å². The summed E-state index contributed by atoms with van der Waals surface area (Å²) in [5.41, 5.74) is 2.06. The highest BCUT2D eigenvalue weighted by atomic mass is 16.2. The van der Waals surface area contributed by atoms with Gasteiger partial charge in [-0.05, 0) is 25.0 Å². The Morgan fingerprint density at radius 3 is 2.85 bits per heavy atom. The van der Waals surface area contributed by atoms with Crippen molar-refractivity contribution in [3.8, 4) is 0 Å². The summed E-state index contributed by atoms with van der Waals surface area (Å²) in [5, 5.41) is 8.78. The van der Waals surface area contributed by atoms with Crippen molar-refractivity contribution >= 4 is 17.5 Å². The van der Waals surface area contributed by atoms with Crippen molar-refractivity contribution in [1.29, 1.82) is 0 Å². The van der Waals surface area contributed by atoms with Crippen LogP contribution in [0, 0.1) is 0 Å². The summed E-state index contributed by atoms with van der Waals surface area (Å²) in [7, 11) is 1.59. The average molecular weight is 275 g/mol. The van der Waals surface area contributed by atoms with Gasteiger partial charge in [0.2, 0.25) is 11.8 Å². The molecular formula is C15H21N3O2. The molecule has 0 fully saturated rings. The maximum Gasteiger partial charge on any atom is 0.227 e. The van der Waals surface area contributed by atoms with Crippen molar-refractivity contribution in [3.05, 3.63) is 29.8 Å². The van der Waals surface area contributed by atoms with Gasteiger partial charge in [0, 0.05) is 31.7 Å². The summed E-state index contributed by atoms with van der Waals surface area (Å²) in [4.78, 5) is 23.5. The molecule has 1 heterocycles. The first kappa shape index (κ1) is 14.4. The molecule has 0 saturated heterocycles. The van der Waals surface area contributed by atoms with Crippen LogP contribution in [0.3, 0.4) is 0 Å². The minimum Gasteiger partial charge on any atom is -0.382 e. The van der Waals surface area contributed by atoms with E-state index in [-0.39, 0.29) is 23.8 Å². The number of carbonyl (C=O) groups excluding carboxylic acids is 2. The van der Waals surface area contributed by atoms with E-state index in [1.807, 2.05) is 24.3 Å². The van der Waals surface area contributed by atoms with Gasteiger partial charge >= 0.3 is 0 Å². The number of hydrogen-bond donors (Lipinski definition) is 3. The lowest BCUT2D eigenvalue weighted by molar-refractivity contribution is -0.123. The normalized spacial score (nSPS) is 20.5. The first-order valence-corrected chi connectivity index (χ1v) is 6.95. The van der Waals surface area contributed by atoms with Crippen molar-refractivity contribution in [1.82, 2.24) is 10.6 Å². The molecule has 1 aromatic carbocycles. The van der Waals surface area contributed by atoms with Crippen LogP contribution in [0.1, 0.15) is 31.2 Å². The van der Waals surface area contributed by atoms with Crippen molar-refractivity contribution in [2.45, 2.75) is 31.7 Å². The number of rotatable bonds is 4. The first-order valence-electron chi connectivity index (χ1n) is 6.95. The Morgan fingerprint density at radius 2 is 2.10 bits per heavy atom. The zero-order chi connectivity index (χ0) is 14.5. The number of nitrogens with one attached hydrogen (secondary N) is 3. The molecule has 2 amide bonds. The number of benzene rings is 1. The van der Waals surface area contributed by atoms with Gasteiger partial charge in [-0.1, -0.05) is 18.2 Å². The minimum atomic E-state index is -0.146. The number of hydrogen-bond acceptors (Lipinski definition) is 3. The van der Waals surface area contributed by atoms with Crippen LogP contribution in [0.25, 0.3) is 0 Å². The third-order valence-corrected chi connectivity index (χ3v) is 3.57. The molecule has 0 aliphatic carbocycles. The zero-order valence-electron chi connectivity index (χ0n) is 11.9. The van der Waals surface area contributed by atoms with Crippen molar-refractivity contribution in [2.75, 3.05) is 18.9 Å². The molecule has 0 spiro atoms. The quantitative estimate of drug-likeness (QED) is 0.774. The van der Waals surface area contributed by atoms with Crippen LogP contribution in [-0.4, -0.2) is 31.4 Å². The third kappa shape index (κ3) is 3.29. The minimum absolute atomic E-state index is 0.00490. The van der Waals surface area contributed by atoms with E-state index in [0.29, 0.717) is 13.0 Å². The Kier molecular flexibility index (Phi) is 4.61. The molecule has 5 nitrogen and oxygen atoms in total. The second kappa shape index (κ2) is 6.41. The number of para-hydroxylation sites is 1. The van der Waals surface area contributed by atoms with Gasteiger partial charge in [0.05, 0.1) is 5.92 Å². The van der Waals surface area contributed by atoms with Crippen molar-refractivity contribution in [3.63, 3.8) is 0 Å². The summed E-state index contributed by atoms with van der Waals surface area (Å²) in [5.74, 6) is -0.216. The maximum atomic E-state index is 12.3. The van der Waals surface area contributed by atoms with E-state index in [0.717, 1.165) is 17.7 Å². The van der Waals surface area contributed by atoms with E-state index in [1.54, 1.807) is 7.05 Å². The van der Waals surface area contributed by atoms with Crippen LogP contribution in [0.2, 0.25) is 0 Å². The molecule has 5 heteroatoms. The van der Waals surface area contributed by atoms with Crippen LogP contribution in [0.5, 0.6) is 0 Å². The van der Waals surface area contributed by atoms with Gasteiger partial charge in [0.1, 0.15) is 0 Å². The molecular weight excluding hydrogens is 254 g/mol. The Balaban J connectivity index is 2.01. The fourth-order valence-electron chi connectivity index (χ4n) is 2.53. The van der Waals surface area contributed by atoms with Crippen LogP contribution in [-0.2, 0) is 9.59 Å². The van der Waals surface area contributed by atoms with Gasteiger partial charge in [0.25, 0.3) is 0 Å². The Labute approximate surface area is 119 Å². The smallest absolute Gasteiger partial charge is 0.227 e. The molecule has 0 aromatic heterocycles. The van der Waals surface area contributed by atoms with Gasteiger partial charge in [-0.15, -0.1) is 0 Å². The Hall–Kier alpha value is -2.04. The van der Waals surface area contributed by atoms with Gasteiger partial charge in [-0.25, -0.2) is 0 Å². The first-order chi connectivity index (χ1) is 9.61. The number of fused-ring (bicyclic) bond motifs is 1. The second-order valence-electron chi connectivity index (χ2n) is 5.14. The van der Waals surface area contributed by atoms with Gasteiger partial charge in [0.15, 0.2) is 0 Å². The predicted octanol–water partition coefficient (Wildman–Crippen LogP) is 1.23. The molecule has 20 heavy (non-hydrogen) atoms. The molecule has 2 unspecified atom stereocenters. The second-order valence-corrected chi connectivity index (χ2v) is 5.14. The lowest BCUT2D eigenvalue weighted by Crippen LogP contribution is -2.37. The number of anilines is 1. The van der Waals surface area contributed by atoms with Crippen LogP contribution in [0.4, 0.5) is 5.69 Å². The number of amides is 2. The highest BCUT2D eigenvalue weighted by molar-refractivity contribution is 5.87. The summed E-state index contributed by atoms with van der Waals surface area (Å²) in [6.45, 7) is 2.44. The SMILES string of the molecule is CNC(=O)CCNC(=O)C1CC(C)Nc2ccccc21. The highest BCUT2D eigenvalue weighted by Crippen LogP contribution is 2.33. The lowest BCUT2D eigenvalue weighted by atomic mass is 9.87. The monoisotopic (exact) mass is 275 g/mol. The fraction of sp³-hybridized carbons (Fsp3) is 0.467. The molecule has 0 radical (unpaired) electrons. The molecule has 1 aromatic rings. The van der Waals surface area contributed by atoms with E-state index in [9.17, 15) is 9.59 Å². The van der Waals surface area contributed by atoms with Gasteiger partial charge < -0.3 is 16.0 Å². The predicted molar refractivity (Wildman–Crippen MR) is 78.6 cm³/mol. The van der Waals surface area contributed by atoms with Crippen molar-refractivity contribution < 1.29 is 9.59 Å². The summed E-state index contributed by atoms with van der Waals surface area (Å²) in [6, 6.07) is 8.15. The number of carbonyl (C=O) groups is 2. The molecule has 108 valence electrons. The molecule has 1 aliphatic heterocycles. The van der Waals surface area contributed by atoms with E-state index >= 15 is 0 Å². The van der Waals surface area contributed by atoms with Gasteiger partial charge in [-0.2, -0.15) is 0 Å². The summed E-state index contributed by atoms with van der Waals surface area (Å²) in [6.07, 6.45) is 1.08. The Morgan fingerprint density at radius 1 is 1.35 bits per heavy atom. The summed E-state index contributed by atoms with van der Waals surface area (Å²) >= 11 is 0. The molecule has 0 saturated carbocycles. The zero-order valence-corrected chi connectivity index (χ0v) is 11.9. The topological polar surface area (TPSA) is 70.2 Å². The van der Waals surface area contributed by atoms with E-state index < -0.39 is 0 Å². The lowest BCUT2D eigenvalue weighted by Gasteiger charge is -2.30. The highest BCUT2D eigenvalue weighted by Gasteiger charge is 2.29. The summed E-state index contributed by atoms with van der Waals surface area (Å²) < 4.78 is 0. The van der Waals surface area contributed by atoms with Gasteiger partial charge in [-0.3, -0.25) is 9.59 Å². The largest absolute Gasteiger partial charge is 0.382 e. The van der Waals surface area contributed by atoms with E-state index in [4.69, 9.17) is 0 Å². The average Bonchev–Trinajstić information content (AvgIpc) is 2.45. The van der Waals surface area contributed by atoms with E-state index in [2.05, 4.69) is 22.9 Å². The molecule has 0 bridgehead atoms. The van der Waals surface area contributed by atoms with Crippen LogP contribution in [0.15, 0.2) is 24.3 Å². The van der Waals surface area contributed by atoms with Crippen LogP contribution >= 0.6 is 0 Å². The molecule has 3 N–H and O–H groups in total. The van der Waals surface area contributed by atoms with E-state index in [1.165, 1.54) is 0 Å². The Bertz CT molecular complexity index is 502. The maximum absolute atomic E-state index is 12.3. The fourth-order valence-corrected chi connectivity index (χ4v) is 2.53. The van der Waals surface area contributed by atoms with Crippen molar-refractivity contribution in [2.24, 2.45) is 0 Å². The molecule has 2 atom stereocenters. The standard InChI is InChI=1S/C15H21N3O2/c1-10-9-12(11-5-3-4-6-13(11)18-10)15(20)17-8-7-14(19)16-2/h3-6,10,12,18H,7-9H2,1-2H3,(H,16,19)(H,17,20). The molecule has 2 rings (SSSR count). The molecule has 1 aliphatic rings.